The predicted molar refractivity (Wildman–Crippen MR) is 88.5 cm³/mol. The van der Waals surface area contributed by atoms with Crippen LogP contribution in [0.25, 0.3) is 0 Å². The maximum Gasteiger partial charge on any atom is 0.0718 e. The molecule has 1 aromatic heterocycles. The highest BCUT2D eigenvalue weighted by atomic mass is 79.9. The third-order valence-corrected chi connectivity index (χ3v) is 4.42. The number of halogens is 3. The van der Waals surface area contributed by atoms with E-state index in [0.29, 0.717) is 16.5 Å². The van der Waals surface area contributed by atoms with E-state index in [0.717, 1.165) is 22.3 Å². The summed E-state index contributed by atoms with van der Waals surface area (Å²) in [6.45, 7) is 2.91. The van der Waals surface area contributed by atoms with Gasteiger partial charge in [0.15, 0.2) is 0 Å². The number of aromatic nitrogens is 1. The summed E-state index contributed by atoms with van der Waals surface area (Å²) in [6, 6.07) is 9.53. The maximum absolute atomic E-state index is 6.26. The number of hydrogen-bond donors (Lipinski definition) is 1. The molecule has 2 nitrogen and oxygen atoms in total. The van der Waals surface area contributed by atoms with Crippen molar-refractivity contribution in [2.75, 3.05) is 6.54 Å². The molecule has 2 aromatic rings. The monoisotopic (exact) mass is 372 g/mol. The zero-order valence-corrected chi connectivity index (χ0v) is 14.1. The molecule has 106 valence electrons. The summed E-state index contributed by atoms with van der Waals surface area (Å²) in [6.07, 6.45) is 2.49. The molecule has 0 saturated heterocycles. The smallest absolute Gasteiger partial charge is 0.0718 e. The summed E-state index contributed by atoms with van der Waals surface area (Å²) in [5, 5.41) is 4.81. The van der Waals surface area contributed by atoms with Gasteiger partial charge in [-0.3, -0.25) is 4.98 Å². The number of pyridine rings is 1. The SMILES string of the molecule is CCNC(Cc1c(Cl)cccc1Cl)c1ncccc1Br. The van der Waals surface area contributed by atoms with Crippen molar-refractivity contribution < 1.29 is 0 Å². The lowest BCUT2D eigenvalue weighted by molar-refractivity contribution is 0.534. The Balaban J connectivity index is 2.33. The highest BCUT2D eigenvalue weighted by Gasteiger charge is 2.18. The van der Waals surface area contributed by atoms with Crippen LogP contribution in [-0.4, -0.2) is 11.5 Å². The number of hydrogen-bond acceptors (Lipinski definition) is 2. The van der Waals surface area contributed by atoms with E-state index in [1.807, 2.05) is 30.3 Å². The first-order valence-corrected chi connectivity index (χ1v) is 7.95. The van der Waals surface area contributed by atoms with Crippen molar-refractivity contribution in [2.45, 2.75) is 19.4 Å². The van der Waals surface area contributed by atoms with Crippen LogP contribution in [0.3, 0.4) is 0 Å². The Hall–Kier alpha value is -0.610. The Morgan fingerprint density at radius 3 is 2.50 bits per heavy atom. The second-order valence-corrected chi connectivity index (χ2v) is 6.05. The van der Waals surface area contributed by atoms with Gasteiger partial charge >= 0.3 is 0 Å². The summed E-state index contributed by atoms with van der Waals surface area (Å²) in [5.41, 5.74) is 1.91. The van der Waals surface area contributed by atoms with Crippen LogP contribution < -0.4 is 5.32 Å². The number of likely N-dealkylation sites (N-methyl/N-ethyl adjacent to an activating group) is 1. The molecule has 1 unspecified atom stereocenters. The topological polar surface area (TPSA) is 24.9 Å². The van der Waals surface area contributed by atoms with Crippen LogP contribution >= 0.6 is 39.1 Å². The molecule has 1 heterocycles. The fourth-order valence-electron chi connectivity index (χ4n) is 2.10. The average molecular weight is 374 g/mol. The Labute approximate surface area is 137 Å². The van der Waals surface area contributed by atoms with Gasteiger partial charge in [-0.15, -0.1) is 0 Å². The Kier molecular flexibility index (Phi) is 5.85. The van der Waals surface area contributed by atoms with E-state index in [1.165, 1.54) is 0 Å². The molecular formula is C15H15BrCl2N2. The van der Waals surface area contributed by atoms with Crippen molar-refractivity contribution in [2.24, 2.45) is 0 Å². The zero-order valence-electron chi connectivity index (χ0n) is 11.0. The quantitative estimate of drug-likeness (QED) is 0.793. The largest absolute Gasteiger partial charge is 0.309 e. The third-order valence-electron chi connectivity index (χ3n) is 3.04. The van der Waals surface area contributed by atoms with Crippen molar-refractivity contribution in [3.63, 3.8) is 0 Å². The van der Waals surface area contributed by atoms with E-state index in [4.69, 9.17) is 23.2 Å². The molecular weight excluding hydrogens is 359 g/mol. The Morgan fingerprint density at radius 1 is 1.20 bits per heavy atom. The molecule has 5 heteroatoms. The first-order chi connectivity index (χ1) is 9.63. The highest BCUT2D eigenvalue weighted by Crippen LogP contribution is 2.30. The van der Waals surface area contributed by atoms with Gasteiger partial charge in [0.05, 0.1) is 11.7 Å². The molecule has 1 N–H and O–H groups in total. The van der Waals surface area contributed by atoms with Crippen LogP contribution in [0.2, 0.25) is 10.0 Å². The molecule has 2 rings (SSSR count). The third kappa shape index (κ3) is 3.73. The number of benzene rings is 1. The second-order valence-electron chi connectivity index (χ2n) is 4.39. The normalized spacial score (nSPS) is 12.4. The van der Waals surface area contributed by atoms with Gasteiger partial charge in [0, 0.05) is 20.7 Å². The number of nitrogens with zero attached hydrogens (tertiary/aromatic N) is 1. The van der Waals surface area contributed by atoms with Crippen LogP contribution in [0.4, 0.5) is 0 Å². The first-order valence-electron chi connectivity index (χ1n) is 6.40. The van der Waals surface area contributed by atoms with E-state index in [9.17, 15) is 0 Å². The van der Waals surface area contributed by atoms with Crippen molar-refractivity contribution >= 4 is 39.1 Å². The lowest BCUT2D eigenvalue weighted by Gasteiger charge is -2.20. The van der Waals surface area contributed by atoms with Gasteiger partial charge in [-0.25, -0.2) is 0 Å². The second kappa shape index (κ2) is 7.41. The zero-order chi connectivity index (χ0) is 14.5. The van der Waals surface area contributed by atoms with Gasteiger partial charge in [0.1, 0.15) is 0 Å². The molecule has 0 bridgehead atoms. The molecule has 0 aliphatic rings. The van der Waals surface area contributed by atoms with Crippen LogP contribution in [0.1, 0.15) is 24.2 Å². The van der Waals surface area contributed by atoms with Crippen LogP contribution in [0.5, 0.6) is 0 Å². The van der Waals surface area contributed by atoms with Gasteiger partial charge in [-0.1, -0.05) is 36.2 Å². The molecule has 20 heavy (non-hydrogen) atoms. The summed E-state index contributed by atoms with van der Waals surface area (Å²) < 4.78 is 0.981. The fraction of sp³-hybridized carbons (Fsp3) is 0.267. The van der Waals surface area contributed by atoms with Crippen LogP contribution in [-0.2, 0) is 6.42 Å². The minimum atomic E-state index is 0.0629. The van der Waals surface area contributed by atoms with E-state index in [1.54, 1.807) is 6.20 Å². The standard InChI is InChI=1S/C15H15BrCl2N2/c1-2-19-14(15-11(16)5-4-8-20-15)9-10-12(17)6-3-7-13(10)18/h3-8,14,19H,2,9H2,1H3. The molecule has 0 radical (unpaired) electrons. The molecule has 0 amide bonds. The minimum Gasteiger partial charge on any atom is -0.309 e. The Morgan fingerprint density at radius 2 is 1.90 bits per heavy atom. The predicted octanol–water partition coefficient (Wildman–Crippen LogP) is 5.04. The molecule has 0 saturated carbocycles. The van der Waals surface area contributed by atoms with Gasteiger partial charge in [-0.05, 0) is 58.7 Å². The lowest BCUT2D eigenvalue weighted by atomic mass is 10.0. The first kappa shape index (κ1) is 15.8. The van der Waals surface area contributed by atoms with Crippen molar-refractivity contribution in [3.8, 4) is 0 Å². The van der Waals surface area contributed by atoms with Crippen LogP contribution in [0, 0.1) is 0 Å². The maximum atomic E-state index is 6.26. The van der Waals surface area contributed by atoms with Gasteiger partial charge < -0.3 is 5.32 Å². The van der Waals surface area contributed by atoms with Crippen LogP contribution in [0.15, 0.2) is 41.0 Å². The average Bonchev–Trinajstić information content (AvgIpc) is 2.43. The highest BCUT2D eigenvalue weighted by molar-refractivity contribution is 9.10. The molecule has 1 aromatic carbocycles. The summed E-state index contributed by atoms with van der Waals surface area (Å²) in [4.78, 5) is 4.46. The van der Waals surface area contributed by atoms with E-state index in [2.05, 4.69) is 33.2 Å². The summed E-state index contributed by atoms with van der Waals surface area (Å²) >= 11 is 16.1. The minimum absolute atomic E-state index is 0.0629. The summed E-state index contributed by atoms with van der Waals surface area (Å²) in [5.74, 6) is 0. The van der Waals surface area contributed by atoms with Gasteiger partial charge in [0.25, 0.3) is 0 Å². The summed E-state index contributed by atoms with van der Waals surface area (Å²) in [7, 11) is 0. The van der Waals surface area contributed by atoms with Crippen molar-refractivity contribution in [1.82, 2.24) is 10.3 Å². The molecule has 0 spiro atoms. The lowest BCUT2D eigenvalue weighted by Crippen LogP contribution is -2.24. The molecule has 0 fully saturated rings. The van der Waals surface area contributed by atoms with Crippen molar-refractivity contribution in [1.29, 1.82) is 0 Å². The number of rotatable bonds is 5. The van der Waals surface area contributed by atoms with Gasteiger partial charge in [-0.2, -0.15) is 0 Å². The van der Waals surface area contributed by atoms with Gasteiger partial charge in [0.2, 0.25) is 0 Å². The Bertz CT molecular complexity index is 570. The van der Waals surface area contributed by atoms with E-state index >= 15 is 0 Å². The van der Waals surface area contributed by atoms with Crippen molar-refractivity contribution in [3.05, 3.63) is 62.3 Å². The molecule has 0 aliphatic carbocycles. The van der Waals surface area contributed by atoms with E-state index < -0.39 is 0 Å². The van der Waals surface area contributed by atoms with E-state index in [-0.39, 0.29) is 6.04 Å². The molecule has 1 atom stereocenters. The number of nitrogens with one attached hydrogen (secondary N) is 1. The molecule has 0 aliphatic heterocycles. The fourth-order valence-corrected chi connectivity index (χ4v) is 3.18.